The number of hydrogen-bond donors (Lipinski definition) is 1. The number of carbonyl (C=O) groups is 2. The van der Waals surface area contributed by atoms with Crippen molar-refractivity contribution in [2.24, 2.45) is 0 Å². The fourth-order valence-corrected chi connectivity index (χ4v) is 7.42. The van der Waals surface area contributed by atoms with E-state index in [1.807, 2.05) is 36.4 Å². The molecule has 7 nitrogen and oxygen atoms in total. The molecule has 2 amide bonds. The maximum Gasteiger partial charge on any atom is 0.264 e. The van der Waals surface area contributed by atoms with E-state index in [1.165, 1.54) is 23.1 Å². The first-order valence-electron chi connectivity index (χ1n) is 14.9. The lowest BCUT2D eigenvalue weighted by molar-refractivity contribution is -0.140. The van der Waals surface area contributed by atoms with Crippen molar-refractivity contribution in [3.63, 3.8) is 0 Å². The van der Waals surface area contributed by atoms with Crippen molar-refractivity contribution < 1.29 is 18.0 Å². The molecular weight excluding hydrogens is 629 g/mol. The second-order valence-corrected chi connectivity index (χ2v) is 13.8. The molecule has 5 rings (SSSR count). The predicted octanol–water partition coefficient (Wildman–Crippen LogP) is 6.89. The summed E-state index contributed by atoms with van der Waals surface area (Å²) >= 11 is 12.9. The lowest BCUT2D eigenvalue weighted by Crippen LogP contribution is -2.54. The van der Waals surface area contributed by atoms with Gasteiger partial charge in [0.05, 0.1) is 10.6 Å². The third-order valence-corrected chi connectivity index (χ3v) is 10.4. The Bertz CT molecular complexity index is 1720. The summed E-state index contributed by atoms with van der Waals surface area (Å²) in [5.74, 6) is -0.844. The molecule has 0 heterocycles. The van der Waals surface area contributed by atoms with Gasteiger partial charge in [0.25, 0.3) is 10.0 Å². The first-order chi connectivity index (χ1) is 21.7. The largest absolute Gasteiger partial charge is 0.352 e. The molecule has 1 fully saturated rings. The van der Waals surface area contributed by atoms with Gasteiger partial charge in [-0.25, -0.2) is 8.42 Å². The van der Waals surface area contributed by atoms with E-state index in [2.05, 4.69) is 5.32 Å². The fraction of sp³-hybridized carbons (Fsp3) is 0.257. The molecule has 45 heavy (non-hydrogen) atoms. The summed E-state index contributed by atoms with van der Waals surface area (Å²) in [6.45, 7) is -0.563. The fourth-order valence-electron chi connectivity index (χ4n) is 5.61. The molecule has 1 aliphatic rings. The van der Waals surface area contributed by atoms with E-state index in [1.54, 1.807) is 54.6 Å². The van der Waals surface area contributed by atoms with Crippen LogP contribution >= 0.6 is 23.2 Å². The van der Waals surface area contributed by atoms with E-state index >= 15 is 0 Å². The minimum Gasteiger partial charge on any atom is -0.352 e. The van der Waals surface area contributed by atoms with Crippen molar-refractivity contribution in [2.45, 2.75) is 55.6 Å². The summed E-state index contributed by atoms with van der Waals surface area (Å²) in [7, 11) is -4.20. The van der Waals surface area contributed by atoms with Crippen LogP contribution in [0.25, 0.3) is 0 Å². The van der Waals surface area contributed by atoms with Crippen LogP contribution in [0.1, 0.15) is 36.8 Å². The highest BCUT2D eigenvalue weighted by atomic mass is 35.5. The topological polar surface area (TPSA) is 86.8 Å². The van der Waals surface area contributed by atoms with Gasteiger partial charge < -0.3 is 10.2 Å². The van der Waals surface area contributed by atoms with Crippen LogP contribution in [0.3, 0.4) is 0 Å². The Hall–Kier alpha value is -3.85. The molecule has 0 spiro atoms. The molecule has 1 aliphatic carbocycles. The van der Waals surface area contributed by atoms with Crippen molar-refractivity contribution in [2.75, 3.05) is 10.8 Å². The monoisotopic (exact) mass is 663 g/mol. The predicted molar refractivity (Wildman–Crippen MR) is 179 cm³/mol. The van der Waals surface area contributed by atoms with Gasteiger partial charge >= 0.3 is 0 Å². The van der Waals surface area contributed by atoms with Gasteiger partial charge in [0.2, 0.25) is 11.8 Å². The molecule has 0 bridgehead atoms. The minimum absolute atomic E-state index is 0.00284. The smallest absolute Gasteiger partial charge is 0.264 e. The Morgan fingerprint density at radius 2 is 1.47 bits per heavy atom. The van der Waals surface area contributed by atoms with E-state index in [0.717, 1.165) is 35.6 Å². The lowest BCUT2D eigenvalue weighted by Gasteiger charge is -2.34. The van der Waals surface area contributed by atoms with Gasteiger partial charge in [-0.3, -0.25) is 13.9 Å². The number of amides is 2. The number of hydrogen-bond acceptors (Lipinski definition) is 4. The Kier molecular flexibility index (Phi) is 10.8. The highest BCUT2D eigenvalue weighted by Gasteiger charge is 2.35. The summed E-state index contributed by atoms with van der Waals surface area (Å²) in [4.78, 5) is 30.1. The first kappa shape index (κ1) is 32.5. The van der Waals surface area contributed by atoms with Crippen LogP contribution in [0.4, 0.5) is 5.69 Å². The van der Waals surface area contributed by atoms with Gasteiger partial charge in [-0.15, -0.1) is 0 Å². The van der Waals surface area contributed by atoms with Crippen molar-refractivity contribution in [3.8, 4) is 0 Å². The van der Waals surface area contributed by atoms with Gasteiger partial charge in [-0.05, 0) is 60.4 Å². The molecule has 10 heteroatoms. The van der Waals surface area contributed by atoms with E-state index in [4.69, 9.17) is 23.2 Å². The third kappa shape index (κ3) is 8.25. The highest BCUT2D eigenvalue weighted by Crippen LogP contribution is 2.28. The number of halogens is 2. The number of sulfonamides is 1. The molecule has 0 radical (unpaired) electrons. The number of nitrogens with one attached hydrogen (secondary N) is 1. The summed E-state index contributed by atoms with van der Waals surface area (Å²) in [6.07, 6.45) is 4.05. The molecule has 1 saturated carbocycles. The van der Waals surface area contributed by atoms with Gasteiger partial charge in [0, 0.05) is 29.1 Å². The molecule has 4 aromatic rings. The van der Waals surface area contributed by atoms with Crippen LogP contribution in [0, 0.1) is 0 Å². The summed E-state index contributed by atoms with van der Waals surface area (Å²) < 4.78 is 29.1. The quantitative estimate of drug-likeness (QED) is 0.179. The second-order valence-electron chi connectivity index (χ2n) is 11.1. The van der Waals surface area contributed by atoms with Crippen LogP contribution < -0.4 is 9.62 Å². The Morgan fingerprint density at radius 1 is 0.822 bits per heavy atom. The number of benzene rings is 4. The summed E-state index contributed by atoms with van der Waals surface area (Å²) in [5.41, 5.74) is 1.73. The van der Waals surface area contributed by atoms with E-state index < -0.39 is 28.5 Å². The molecular formula is C35H35Cl2N3O4S. The molecule has 4 aromatic carbocycles. The highest BCUT2D eigenvalue weighted by molar-refractivity contribution is 7.92. The number of nitrogens with zero attached hydrogens (tertiary/aromatic N) is 2. The summed E-state index contributed by atoms with van der Waals surface area (Å²) in [5, 5.41) is 3.93. The van der Waals surface area contributed by atoms with E-state index in [-0.39, 0.29) is 35.5 Å². The molecule has 1 N–H and O–H groups in total. The number of rotatable bonds is 12. The SMILES string of the molecule is O=C(NC1CCCC1)C(Cc1ccccc1)N(Cc1ccccc1Cl)C(=O)CN(c1cccc(Cl)c1)S(=O)(=O)c1ccccc1. The van der Waals surface area contributed by atoms with Gasteiger partial charge in [-0.2, -0.15) is 0 Å². The molecule has 0 aliphatic heterocycles. The third-order valence-electron chi connectivity index (χ3n) is 7.98. The van der Waals surface area contributed by atoms with Crippen molar-refractivity contribution in [1.82, 2.24) is 10.2 Å². The van der Waals surface area contributed by atoms with E-state index in [9.17, 15) is 18.0 Å². The maximum atomic E-state index is 14.5. The Labute approximate surface area is 274 Å². The van der Waals surface area contributed by atoms with E-state index in [0.29, 0.717) is 15.6 Å². The zero-order chi connectivity index (χ0) is 31.8. The van der Waals surface area contributed by atoms with Crippen LogP contribution in [-0.4, -0.2) is 43.8 Å². The molecule has 1 unspecified atom stereocenters. The minimum atomic E-state index is -4.20. The molecule has 0 saturated heterocycles. The van der Waals surface area contributed by atoms with Crippen molar-refractivity contribution >= 4 is 50.7 Å². The van der Waals surface area contributed by atoms with Gasteiger partial charge in [0.15, 0.2) is 0 Å². The van der Waals surface area contributed by atoms with Crippen LogP contribution in [-0.2, 0) is 32.6 Å². The zero-order valence-electron chi connectivity index (χ0n) is 24.7. The number of anilines is 1. The van der Waals surface area contributed by atoms with Crippen LogP contribution in [0.15, 0.2) is 114 Å². The average Bonchev–Trinajstić information content (AvgIpc) is 3.56. The molecule has 234 valence electrons. The van der Waals surface area contributed by atoms with Crippen LogP contribution in [0.5, 0.6) is 0 Å². The first-order valence-corrected chi connectivity index (χ1v) is 17.1. The number of carbonyl (C=O) groups excluding carboxylic acids is 2. The maximum absolute atomic E-state index is 14.5. The van der Waals surface area contributed by atoms with Crippen molar-refractivity contribution in [1.29, 1.82) is 0 Å². The van der Waals surface area contributed by atoms with Gasteiger partial charge in [0.1, 0.15) is 12.6 Å². The zero-order valence-corrected chi connectivity index (χ0v) is 27.0. The molecule has 0 aromatic heterocycles. The normalized spacial score (nSPS) is 14.1. The summed E-state index contributed by atoms with van der Waals surface area (Å²) in [6, 6.07) is 30.0. The Morgan fingerprint density at radius 3 is 2.13 bits per heavy atom. The Balaban J connectivity index is 1.57. The lowest BCUT2D eigenvalue weighted by atomic mass is 10.0. The van der Waals surface area contributed by atoms with Crippen LogP contribution in [0.2, 0.25) is 10.0 Å². The standard InChI is InChI=1S/C35H35Cl2N3O4S/c36-28-15-11-18-30(23-28)40(45(43,44)31-19-5-2-6-20-31)25-34(41)39(24-27-14-7-10-21-32(27)37)33(22-26-12-3-1-4-13-26)35(42)38-29-16-8-9-17-29/h1-7,10-15,18-21,23,29,33H,8-9,16-17,22,24-25H2,(H,38,42). The average molecular weight is 665 g/mol. The van der Waals surface area contributed by atoms with Crippen molar-refractivity contribution in [3.05, 3.63) is 130 Å². The second kappa shape index (κ2) is 15.0. The van der Waals surface area contributed by atoms with Gasteiger partial charge in [-0.1, -0.05) is 109 Å². The molecule has 1 atom stereocenters.